The van der Waals surface area contributed by atoms with Crippen LogP contribution in [0, 0.1) is 0 Å². The molecule has 19 heavy (non-hydrogen) atoms. The molecule has 1 aromatic rings. The van der Waals surface area contributed by atoms with E-state index in [0.29, 0.717) is 24.8 Å². The average Bonchev–Trinajstić information content (AvgIpc) is 2.36. The van der Waals surface area contributed by atoms with E-state index >= 15 is 0 Å². The molecule has 104 valence electrons. The van der Waals surface area contributed by atoms with Crippen molar-refractivity contribution in [1.29, 1.82) is 0 Å². The Kier molecular flexibility index (Phi) is 4.93. The van der Waals surface area contributed by atoms with Crippen LogP contribution in [0.1, 0.15) is 35.2 Å². The zero-order chi connectivity index (χ0) is 13.7. The molecule has 0 spiro atoms. The second kappa shape index (κ2) is 6.68. The lowest BCUT2D eigenvalue weighted by Crippen LogP contribution is -2.45. The van der Waals surface area contributed by atoms with Crippen LogP contribution in [-0.2, 0) is 11.3 Å². The van der Waals surface area contributed by atoms with Gasteiger partial charge in [-0.3, -0.25) is 4.79 Å². The third kappa shape index (κ3) is 3.33. The largest absolute Gasteiger partial charge is 0.395 e. The van der Waals surface area contributed by atoms with E-state index in [1.54, 1.807) is 12.0 Å². The Morgan fingerprint density at radius 2 is 2.26 bits per heavy atom. The Morgan fingerprint density at radius 1 is 1.47 bits per heavy atom. The lowest BCUT2D eigenvalue weighted by Gasteiger charge is -2.37. The second-order valence-corrected chi connectivity index (χ2v) is 4.94. The van der Waals surface area contributed by atoms with E-state index in [2.05, 4.69) is 0 Å². The summed E-state index contributed by atoms with van der Waals surface area (Å²) >= 11 is 0. The van der Waals surface area contributed by atoms with E-state index < -0.39 is 0 Å². The molecule has 2 rings (SSSR count). The van der Waals surface area contributed by atoms with Crippen molar-refractivity contribution in [3.63, 3.8) is 0 Å². The minimum absolute atomic E-state index is 0.0108. The van der Waals surface area contributed by atoms with Crippen LogP contribution in [0.15, 0.2) is 24.3 Å². The van der Waals surface area contributed by atoms with Gasteiger partial charge in [-0.05, 0) is 37.0 Å². The van der Waals surface area contributed by atoms with E-state index in [4.69, 9.17) is 9.84 Å². The number of hydrogen-bond acceptors (Lipinski definition) is 3. The fourth-order valence-electron chi connectivity index (χ4n) is 2.38. The van der Waals surface area contributed by atoms with Crippen LogP contribution in [0.4, 0.5) is 0 Å². The molecule has 0 unspecified atom stereocenters. The lowest BCUT2D eigenvalue weighted by atomic mass is 9.91. The van der Waals surface area contributed by atoms with Gasteiger partial charge in [-0.25, -0.2) is 0 Å². The van der Waals surface area contributed by atoms with Crippen molar-refractivity contribution in [3.05, 3.63) is 35.4 Å². The van der Waals surface area contributed by atoms with Crippen LogP contribution >= 0.6 is 0 Å². The van der Waals surface area contributed by atoms with Crippen molar-refractivity contribution in [2.45, 2.75) is 31.9 Å². The molecule has 1 amide bonds. The summed E-state index contributed by atoms with van der Waals surface area (Å²) < 4.78 is 5.09. The first-order valence-corrected chi connectivity index (χ1v) is 6.76. The molecule has 0 atom stereocenters. The maximum atomic E-state index is 12.5. The first-order chi connectivity index (χ1) is 9.26. The number of rotatable bonds is 6. The van der Waals surface area contributed by atoms with Gasteiger partial charge in [0.25, 0.3) is 5.91 Å². The number of carbonyl (C=O) groups excluding carboxylic acids is 1. The van der Waals surface area contributed by atoms with Gasteiger partial charge in [0.1, 0.15) is 0 Å². The standard InChI is InChI=1S/C15H21NO3/c1-19-11-12-4-2-5-13(10-12)15(18)16(8-9-17)14-6-3-7-14/h2,4-5,10,14,17H,3,6-9,11H2,1H3. The number of ether oxygens (including phenoxy) is 1. The van der Waals surface area contributed by atoms with Crippen LogP contribution < -0.4 is 0 Å². The first-order valence-electron chi connectivity index (χ1n) is 6.76. The van der Waals surface area contributed by atoms with Crippen molar-refractivity contribution in [3.8, 4) is 0 Å². The van der Waals surface area contributed by atoms with Crippen LogP contribution in [0.2, 0.25) is 0 Å². The van der Waals surface area contributed by atoms with E-state index in [0.717, 1.165) is 18.4 Å². The normalized spacial score (nSPS) is 15.1. The molecule has 1 N–H and O–H groups in total. The van der Waals surface area contributed by atoms with Crippen LogP contribution in [-0.4, -0.2) is 42.2 Å². The number of amides is 1. The minimum Gasteiger partial charge on any atom is -0.395 e. The Hall–Kier alpha value is -1.39. The zero-order valence-corrected chi connectivity index (χ0v) is 11.3. The molecule has 1 fully saturated rings. The maximum absolute atomic E-state index is 12.5. The molecule has 0 saturated heterocycles. The van der Waals surface area contributed by atoms with E-state index in [9.17, 15) is 4.79 Å². The molecule has 0 radical (unpaired) electrons. The van der Waals surface area contributed by atoms with Gasteiger partial charge in [0.05, 0.1) is 13.2 Å². The minimum atomic E-state index is 0.0108. The first kappa shape index (κ1) is 14.0. The molecule has 4 heteroatoms. The maximum Gasteiger partial charge on any atom is 0.254 e. The summed E-state index contributed by atoms with van der Waals surface area (Å²) in [5.74, 6) is 0.0108. The van der Waals surface area contributed by atoms with E-state index in [1.165, 1.54) is 6.42 Å². The summed E-state index contributed by atoms with van der Waals surface area (Å²) in [5, 5.41) is 9.13. The highest BCUT2D eigenvalue weighted by Crippen LogP contribution is 2.26. The number of nitrogens with zero attached hydrogens (tertiary/aromatic N) is 1. The summed E-state index contributed by atoms with van der Waals surface area (Å²) in [6.07, 6.45) is 3.26. The Balaban J connectivity index is 2.13. The highest BCUT2D eigenvalue weighted by molar-refractivity contribution is 5.94. The van der Waals surface area contributed by atoms with Crippen molar-refractivity contribution in [2.24, 2.45) is 0 Å². The second-order valence-electron chi connectivity index (χ2n) is 4.94. The number of carbonyl (C=O) groups is 1. The van der Waals surface area contributed by atoms with E-state index in [1.807, 2.05) is 24.3 Å². The number of methoxy groups -OCH3 is 1. The fraction of sp³-hybridized carbons (Fsp3) is 0.533. The number of aliphatic hydroxyl groups excluding tert-OH is 1. The molecule has 0 aliphatic heterocycles. The van der Waals surface area contributed by atoms with Gasteiger partial charge in [-0.15, -0.1) is 0 Å². The molecule has 0 aromatic heterocycles. The Labute approximate surface area is 114 Å². The van der Waals surface area contributed by atoms with Gasteiger partial charge in [0.15, 0.2) is 0 Å². The highest BCUT2D eigenvalue weighted by atomic mass is 16.5. The number of hydrogen-bond donors (Lipinski definition) is 1. The molecule has 1 aliphatic carbocycles. The van der Waals surface area contributed by atoms with Gasteiger partial charge >= 0.3 is 0 Å². The fourth-order valence-corrected chi connectivity index (χ4v) is 2.38. The molecular weight excluding hydrogens is 242 g/mol. The van der Waals surface area contributed by atoms with Crippen molar-refractivity contribution >= 4 is 5.91 Å². The van der Waals surface area contributed by atoms with Gasteiger partial charge < -0.3 is 14.7 Å². The quantitative estimate of drug-likeness (QED) is 0.851. The third-order valence-electron chi connectivity index (χ3n) is 3.60. The van der Waals surface area contributed by atoms with E-state index in [-0.39, 0.29) is 12.5 Å². The SMILES string of the molecule is COCc1cccc(C(=O)N(CCO)C2CCC2)c1. The summed E-state index contributed by atoms with van der Waals surface area (Å²) in [6, 6.07) is 7.81. The molecule has 1 aliphatic rings. The van der Waals surface area contributed by atoms with Gasteiger partial charge in [-0.2, -0.15) is 0 Å². The highest BCUT2D eigenvalue weighted by Gasteiger charge is 2.28. The summed E-state index contributed by atoms with van der Waals surface area (Å²) in [7, 11) is 1.64. The van der Waals surface area contributed by atoms with Gasteiger partial charge in [0.2, 0.25) is 0 Å². The summed E-state index contributed by atoms with van der Waals surface area (Å²) in [5.41, 5.74) is 1.67. The van der Waals surface area contributed by atoms with Crippen LogP contribution in [0.3, 0.4) is 0 Å². The number of benzene rings is 1. The molecule has 4 nitrogen and oxygen atoms in total. The molecule has 0 heterocycles. The number of aliphatic hydroxyl groups is 1. The monoisotopic (exact) mass is 263 g/mol. The molecule has 1 saturated carbocycles. The molecule has 1 aromatic carbocycles. The molecular formula is C15H21NO3. The summed E-state index contributed by atoms with van der Waals surface area (Å²) in [4.78, 5) is 14.3. The Bertz CT molecular complexity index is 429. The predicted octanol–water partition coefficient (Wildman–Crippen LogP) is 1.82. The Morgan fingerprint density at radius 3 is 2.84 bits per heavy atom. The smallest absolute Gasteiger partial charge is 0.254 e. The van der Waals surface area contributed by atoms with Crippen molar-refractivity contribution in [2.75, 3.05) is 20.3 Å². The predicted molar refractivity (Wildman–Crippen MR) is 72.9 cm³/mol. The van der Waals surface area contributed by atoms with Gasteiger partial charge in [-0.1, -0.05) is 12.1 Å². The zero-order valence-electron chi connectivity index (χ0n) is 11.3. The van der Waals surface area contributed by atoms with Crippen molar-refractivity contribution < 1.29 is 14.6 Å². The van der Waals surface area contributed by atoms with Crippen molar-refractivity contribution in [1.82, 2.24) is 4.90 Å². The van der Waals surface area contributed by atoms with Crippen LogP contribution in [0.25, 0.3) is 0 Å². The topological polar surface area (TPSA) is 49.8 Å². The molecule has 0 bridgehead atoms. The van der Waals surface area contributed by atoms with Crippen LogP contribution in [0.5, 0.6) is 0 Å². The summed E-state index contributed by atoms with van der Waals surface area (Å²) in [6.45, 7) is 0.933. The lowest BCUT2D eigenvalue weighted by molar-refractivity contribution is 0.0525. The van der Waals surface area contributed by atoms with Gasteiger partial charge in [0, 0.05) is 25.3 Å². The third-order valence-corrected chi connectivity index (χ3v) is 3.60. The average molecular weight is 263 g/mol.